The maximum absolute atomic E-state index is 13.0. The molecule has 0 bridgehead atoms. The highest BCUT2D eigenvalue weighted by atomic mass is 35.5. The first-order chi connectivity index (χ1) is 10.6. The van der Waals surface area contributed by atoms with E-state index in [1.54, 1.807) is 12.1 Å². The van der Waals surface area contributed by atoms with Crippen molar-refractivity contribution in [3.8, 4) is 0 Å². The number of halogens is 4. The number of anilines is 2. The maximum atomic E-state index is 13.0. The predicted molar refractivity (Wildman–Crippen MR) is 81.0 cm³/mol. The van der Waals surface area contributed by atoms with Gasteiger partial charge in [0.05, 0.1) is 31.8 Å². The Morgan fingerprint density at radius 1 is 1.09 bits per heavy atom. The summed E-state index contributed by atoms with van der Waals surface area (Å²) in [7, 11) is -4.05. The second kappa shape index (κ2) is 5.14. The number of nitrogens with one attached hydrogen (secondary N) is 1. The van der Waals surface area contributed by atoms with Gasteiger partial charge in [0.2, 0.25) is 9.84 Å². The molecule has 1 heterocycles. The zero-order valence-corrected chi connectivity index (χ0v) is 13.4. The number of hydrogen-bond acceptors (Lipinski definition) is 3. The molecule has 1 aliphatic rings. The average Bonchev–Trinajstić information content (AvgIpc) is 2.45. The number of rotatable bonds is 1. The summed E-state index contributed by atoms with van der Waals surface area (Å²) in [6.45, 7) is 1.86. The van der Waals surface area contributed by atoms with Crippen LogP contribution in [-0.4, -0.2) is 8.42 Å². The van der Waals surface area contributed by atoms with E-state index in [2.05, 4.69) is 5.32 Å². The summed E-state index contributed by atoms with van der Waals surface area (Å²) < 4.78 is 64.4. The van der Waals surface area contributed by atoms with Crippen LogP contribution in [0.1, 0.15) is 18.1 Å². The van der Waals surface area contributed by atoms with Gasteiger partial charge in [-0.3, -0.25) is 0 Å². The Kier molecular flexibility index (Phi) is 3.61. The van der Waals surface area contributed by atoms with Gasteiger partial charge >= 0.3 is 6.18 Å². The molecule has 0 fully saturated rings. The molecule has 0 aliphatic carbocycles. The fourth-order valence-corrected chi connectivity index (χ4v) is 4.36. The second-order valence-electron chi connectivity index (χ2n) is 5.14. The Hall–Kier alpha value is -1.73. The summed E-state index contributed by atoms with van der Waals surface area (Å²) in [5, 5.41) is 2.29. The van der Waals surface area contributed by atoms with Crippen LogP contribution in [0.4, 0.5) is 24.5 Å². The minimum atomic E-state index is -4.73. The first-order valence-electron chi connectivity index (χ1n) is 6.70. The molecule has 0 saturated carbocycles. The van der Waals surface area contributed by atoms with Crippen LogP contribution in [0.25, 0.3) is 0 Å². The van der Waals surface area contributed by atoms with Gasteiger partial charge in [-0.1, -0.05) is 24.6 Å². The van der Waals surface area contributed by atoms with Crippen molar-refractivity contribution in [1.82, 2.24) is 0 Å². The first kappa shape index (κ1) is 16.1. The van der Waals surface area contributed by atoms with E-state index in [-0.39, 0.29) is 10.6 Å². The molecule has 0 aromatic heterocycles. The molecular weight excluding hydrogens is 351 g/mol. The number of fused-ring (bicyclic) bond motifs is 2. The predicted octanol–water partition coefficient (Wildman–Crippen LogP) is 4.81. The molecule has 0 unspecified atom stereocenters. The van der Waals surface area contributed by atoms with Crippen LogP contribution in [0.15, 0.2) is 40.1 Å². The molecule has 122 valence electrons. The summed E-state index contributed by atoms with van der Waals surface area (Å²) in [5.74, 6) is 0. The molecule has 1 N–H and O–H groups in total. The molecule has 23 heavy (non-hydrogen) atoms. The summed E-state index contributed by atoms with van der Waals surface area (Å²) in [5.41, 5.74) is -0.0220. The van der Waals surface area contributed by atoms with Crippen LogP contribution in [0.2, 0.25) is 5.02 Å². The second-order valence-corrected chi connectivity index (χ2v) is 7.43. The van der Waals surface area contributed by atoms with Crippen molar-refractivity contribution < 1.29 is 21.6 Å². The lowest BCUT2D eigenvalue weighted by Gasteiger charge is -2.23. The van der Waals surface area contributed by atoms with E-state index in [0.717, 1.165) is 11.6 Å². The van der Waals surface area contributed by atoms with Crippen LogP contribution in [0, 0.1) is 0 Å². The Morgan fingerprint density at radius 2 is 1.74 bits per heavy atom. The van der Waals surface area contributed by atoms with Gasteiger partial charge in [-0.15, -0.1) is 0 Å². The largest absolute Gasteiger partial charge is 0.417 e. The first-order valence-corrected chi connectivity index (χ1v) is 8.56. The van der Waals surface area contributed by atoms with Gasteiger partial charge in [-0.05, 0) is 36.2 Å². The van der Waals surface area contributed by atoms with Gasteiger partial charge in [0.25, 0.3) is 0 Å². The Bertz CT molecular complexity index is 908. The molecule has 3 nitrogen and oxygen atoms in total. The molecule has 0 atom stereocenters. The lowest BCUT2D eigenvalue weighted by Crippen LogP contribution is -2.16. The summed E-state index contributed by atoms with van der Waals surface area (Å²) in [6, 6.07) is 6.41. The zero-order valence-electron chi connectivity index (χ0n) is 11.8. The van der Waals surface area contributed by atoms with Crippen molar-refractivity contribution in [2.75, 3.05) is 5.32 Å². The molecule has 0 spiro atoms. The molecule has 2 aromatic carbocycles. The summed E-state index contributed by atoms with van der Waals surface area (Å²) >= 11 is 5.66. The van der Waals surface area contributed by atoms with Gasteiger partial charge in [0.1, 0.15) is 0 Å². The Morgan fingerprint density at radius 3 is 2.35 bits per heavy atom. The fraction of sp³-hybridized carbons (Fsp3) is 0.200. The van der Waals surface area contributed by atoms with Gasteiger partial charge in [0.15, 0.2) is 0 Å². The topological polar surface area (TPSA) is 46.2 Å². The van der Waals surface area contributed by atoms with Crippen molar-refractivity contribution in [3.05, 3.63) is 46.5 Å². The molecule has 8 heteroatoms. The monoisotopic (exact) mass is 361 g/mol. The summed E-state index contributed by atoms with van der Waals surface area (Å²) in [6.07, 6.45) is -4.11. The van der Waals surface area contributed by atoms with E-state index in [1.165, 1.54) is 6.07 Å². The van der Waals surface area contributed by atoms with E-state index in [4.69, 9.17) is 11.6 Å². The average molecular weight is 362 g/mol. The standard InChI is InChI=1S/C15H11ClF3NO2S/c1-2-8-3-4-11-13(5-8)23(21,22)14-6-9(15(17,18)19)10(16)7-12(14)20-11/h3-7,20H,2H2,1H3. The van der Waals surface area contributed by atoms with Crippen molar-refractivity contribution >= 4 is 32.8 Å². The van der Waals surface area contributed by atoms with Crippen molar-refractivity contribution in [3.63, 3.8) is 0 Å². The molecule has 2 aromatic rings. The summed E-state index contributed by atoms with van der Waals surface area (Å²) in [4.78, 5) is -0.449. The van der Waals surface area contributed by atoms with Gasteiger partial charge in [-0.2, -0.15) is 13.2 Å². The van der Waals surface area contributed by atoms with Crippen LogP contribution < -0.4 is 5.32 Å². The number of sulfone groups is 1. The molecule has 0 saturated heterocycles. The van der Waals surface area contributed by atoms with Crippen LogP contribution in [0.3, 0.4) is 0 Å². The van der Waals surface area contributed by atoms with Gasteiger partial charge in [-0.25, -0.2) is 8.42 Å². The number of benzene rings is 2. The highest BCUT2D eigenvalue weighted by molar-refractivity contribution is 7.92. The Balaban J connectivity index is 2.27. The third-order valence-electron chi connectivity index (χ3n) is 3.68. The van der Waals surface area contributed by atoms with E-state index < -0.39 is 31.5 Å². The minimum Gasteiger partial charge on any atom is -0.353 e. The number of hydrogen-bond donors (Lipinski definition) is 1. The minimum absolute atomic E-state index is 0.0280. The quantitative estimate of drug-likeness (QED) is 0.676. The van der Waals surface area contributed by atoms with Crippen molar-refractivity contribution in [2.45, 2.75) is 29.3 Å². The highest BCUT2D eigenvalue weighted by Crippen LogP contribution is 2.45. The van der Waals surface area contributed by atoms with Crippen LogP contribution in [0.5, 0.6) is 0 Å². The molecule has 0 radical (unpaired) electrons. The van der Waals surface area contributed by atoms with Crippen molar-refractivity contribution in [1.29, 1.82) is 0 Å². The van der Waals surface area contributed by atoms with E-state index in [0.29, 0.717) is 18.2 Å². The fourth-order valence-electron chi connectivity index (χ4n) is 2.47. The molecule has 1 aliphatic heterocycles. The number of aryl methyl sites for hydroxylation is 1. The third-order valence-corrected chi connectivity index (χ3v) is 5.82. The van der Waals surface area contributed by atoms with Crippen LogP contribution in [-0.2, 0) is 22.4 Å². The van der Waals surface area contributed by atoms with Crippen LogP contribution >= 0.6 is 11.6 Å². The SMILES string of the molecule is CCc1ccc2c(c1)S(=O)(=O)c1cc(C(F)(F)F)c(Cl)cc1N2. The Labute approximate surface area is 136 Å². The van der Waals surface area contributed by atoms with Gasteiger partial charge in [0, 0.05) is 0 Å². The zero-order chi connectivity index (χ0) is 17.0. The van der Waals surface area contributed by atoms with E-state index in [1.807, 2.05) is 6.92 Å². The normalized spacial score (nSPS) is 15.5. The van der Waals surface area contributed by atoms with E-state index in [9.17, 15) is 21.6 Å². The lowest BCUT2D eigenvalue weighted by atomic mass is 10.1. The molecule has 3 rings (SSSR count). The van der Waals surface area contributed by atoms with Gasteiger partial charge < -0.3 is 5.32 Å². The van der Waals surface area contributed by atoms with E-state index >= 15 is 0 Å². The third kappa shape index (κ3) is 2.57. The lowest BCUT2D eigenvalue weighted by molar-refractivity contribution is -0.137. The molecular formula is C15H11ClF3NO2S. The van der Waals surface area contributed by atoms with Crippen molar-refractivity contribution in [2.24, 2.45) is 0 Å². The smallest absolute Gasteiger partial charge is 0.353 e. The number of alkyl halides is 3. The molecule has 0 amide bonds. The maximum Gasteiger partial charge on any atom is 0.417 e. The highest BCUT2D eigenvalue weighted by Gasteiger charge is 2.38.